The fourth-order valence-corrected chi connectivity index (χ4v) is 2.42. The number of phenolic OH excluding ortho intramolecular Hbond substituents is 1. The van der Waals surface area contributed by atoms with Crippen LogP contribution in [0.15, 0.2) is 18.2 Å². The van der Waals surface area contributed by atoms with Crippen molar-refractivity contribution in [1.82, 2.24) is 10.2 Å². The van der Waals surface area contributed by atoms with E-state index in [9.17, 15) is 27.1 Å². The molecule has 1 fully saturated rings. The van der Waals surface area contributed by atoms with E-state index in [1.54, 1.807) is 0 Å². The first-order valence-electron chi connectivity index (χ1n) is 6.59. The van der Waals surface area contributed by atoms with Gasteiger partial charge in [0.15, 0.2) is 0 Å². The zero-order valence-electron chi connectivity index (χ0n) is 12.2. The molecule has 4 nitrogen and oxygen atoms in total. The summed E-state index contributed by atoms with van der Waals surface area (Å²) in [5.41, 5.74) is -0.279. The Morgan fingerprint density at radius 1 is 1.12 bits per heavy atom. The molecule has 2 rings (SSSR count). The Kier molecular flexibility index (Phi) is 9.05. The molecule has 0 aromatic heterocycles. The van der Waals surface area contributed by atoms with Crippen LogP contribution in [0.25, 0.3) is 0 Å². The fourth-order valence-electron chi connectivity index (χ4n) is 2.42. The highest BCUT2D eigenvalue weighted by Crippen LogP contribution is 2.37. The van der Waals surface area contributed by atoms with Gasteiger partial charge in [-0.15, -0.1) is 38.0 Å². The van der Waals surface area contributed by atoms with Gasteiger partial charge < -0.3 is 15.2 Å². The van der Waals surface area contributed by atoms with Gasteiger partial charge in [-0.05, 0) is 18.2 Å². The second-order valence-corrected chi connectivity index (χ2v) is 4.83. The van der Waals surface area contributed by atoms with Crippen molar-refractivity contribution in [3.63, 3.8) is 0 Å². The van der Waals surface area contributed by atoms with Gasteiger partial charge in [0.2, 0.25) is 0 Å². The summed E-state index contributed by atoms with van der Waals surface area (Å²) in [5.74, 6) is -1.13. The largest absolute Gasteiger partial charge is 0.573 e. The van der Waals surface area contributed by atoms with Gasteiger partial charge in [-0.3, -0.25) is 4.90 Å². The molecule has 1 aliphatic rings. The van der Waals surface area contributed by atoms with Gasteiger partial charge in [0.1, 0.15) is 17.5 Å². The minimum absolute atomic E-state index is 0. The van der Waals surface area contributed by atoms with Crippen molar-refractivity contribution in [3.05, 3.63) is 23.8 Å². The van der Waals surface area contributed by atoms with Gasteiger partial charge in [-0.2, -0.15) is 0 Å². The third-order valence-electron chi connectivity index (χ3n) is 3.33. The van der Waals surface area contributed by atoms with Crippen LogP contribution >= 0.6 is 24.8 Å². The van der Waals surface area contributed by atoms with Crippen LogP contribution in [0.4, 0.5) is 22.0 Å². The Labute approximate surface area is 147 Å². The molecule has 0 spiro atoms. The number of alkyl halides is 5. The van der Waals surface area contributed by atoms with Crippen LogP contribution in [-0.2, 0) is 0 Å². The normalized spacial score (nSPS) is 16.9. The predicted molar refractivity (Wildman–Crippen MR) is 82.5 cm³/mol. The summed E-state index contributed by atoms with van der Waals surface area (Å²) in [7, 11) is 0. The predicted octanol–water partition coefficient (Wildman–Crippen LogP) is 3.35. The average molecular weight is 399 g/mol. The summed E-state index contributed by atoms with van der Waals surface area (Å²) in [6, 6.07) is 1.13. The van der Waals surface area contributed by atoms with Crippen molar-refractivity contribution >= 4 is 24.8 Å². The van der Waals surface area contributed by atoms with Crippen molar-refractivity contribution in [2.24, 2.45) is 0 Å². The van der Waals surface area contributed by atoms with E-state index in [0.29, 0.717) is 26.2 Å². The maximum absolute atomic E-state index is 13.4. The molecule has 1 aromatic rings. The Morgan fingerprint density at radius 2 is 1.71 bits per heavy atom. The van der Waals surface area contributed by atoms with E-state index in [2.05, 4.69) is 10.1 Å². The molecular formula is C13H17Cl2F5N2O2. The molecule has 1 aromatic carbocycles. The van der Waals surface area contributed by atoms with Crippen molar-refractivity contribution in [2.75, 3.05) is 26.2 Å². The zero-order chi connectivity index (χ0) is 16.3. The number of halogens is 7. The van der Waals surface area contributed by atoms with Crippen LogP contribution in [0.1, 0.15) is 11.6 Å². The second-order valence-electron chi connectivity index (χ2n) is 4.83. The summed E-state index contributed by atoms with van der Waals surface area (Å²) >= 11 is 0. The number of nitrogens with one attached hydrogen (secondary N) is 1. The van der Waals surface area contributed by atoms with E-state index in [1.807, 2.05) is 0 Å². The van der Waals surface area contributed by atoms with Crippen molar-refractivity contribution in [3.8, 4) is 11.5 Å². The molecule has 11 heteroatoms. The van der Waals surface area contributed by atoms with Crippen LogP contribution in [0.2, 0.25) is 0 Å². The standard InChI is InChI=1S/C13H15F5N2O2.2ClH/c14-12(15)11(20-5-3-19-4-6-20)9-7-8(1-2-10(9)21)22-13(16,17)18;;/h1-2,7,11-12,19,21H,3-6H2;2*1H/t11-;;/m1../s1. The Bertz CT molecular complexity index is 514. The first kappa shape index (κ1) is 23.0. The molecule has 0 saturated carbocycles. The monoisotopic (exact) mass is 398 g/mol. The van der Waals surface area contributed by atoms with Gasteiger partial charge in [0.25, 0.3) is 6.43 Å². The summed E-state index contributed by atoms with van der Waals surface area (Å²) in [6.07, 6.45) is -7.78. The lowest BCUT2D eigenvalue weighted by Crippen LogP contribution is -2.46. The lowest BCUT2D eigenvalue weighted by atomic mass is 10.0. The number of hydrogen-bond acceptors (Lipinski definition) is 4. The third kappa shape index (κ3) is 6.12. The Hall–Kier alpha value is -1.03. The highest BCUT2D eigenvalue weighted by Gasteiger charge is 2.34. The highest BCUT2D eigenvalue weighted by molar-refractivity contribution is 5.85. The number of aromatic hydroxyl groups is 1. The number of phenols is 1. The van der Waals surface area contributed by atoms with E-state index in [4.69, 9.17) is 0 Å². The van der Waals surface area contributed by atoms with Crippen LogP contribution in [0.5, 0.6) is 11.5 Å². The summed E-state index contributed by atoms with van der Waals surface area (Å²) in [5, 5.41) is 12.8. The minimum atomic E-state index is -4.93. The molecule has 24 heavy (non-hydrogen) atoms. The van der Waals surface area contributed by atoms with Gasteiger partial charge >= 0.3 is 6.36 Å². The molecule has 0 bridgehead atoms. The van der Waals surface area contributed by atoms with Crippen molar-refractivity contribution < 1.29 is 31.8 Å². The van der Waals surface area contributed by atoms with Crippen molar-refractivity contribution in [1.29, 1.82) is 0 Å². The average Bonchev–Trinajstić information content (AvgIpc) is 2.42. The molecule has 140 valence electrons. The number of ether oxygens (including phenoxy) is 1. The molecule has 0 aliphatic carbocycles. The van der Waals surface area contributed by atoms with Crippen LogP contribution in [0, 0.1) is 0 Å². The number of nitrogens with zero attached hydrogens (tertiary/aromatic N) is 1. The molecule has 0 amide bonds. The maximum atomic E-state index is 13.4. The van der Waals surface area contributed by atoms with Gasteiger partial charge in [0, 0.05) is 31.7 Å². The molecule has 0 unspecified atom stereocenters. The lowest BCUT2D eigenvalue weighted by Gasteiger charge is -2.35. The summed E-state index contributed by atoms with van der Waals surface area (Å²) in [6.45, 7) is 1.59. The number of hydrogen-bond donors (Lipinski definition) is 2. The van der Waals surface area contributed by atoms with Gasteiger partial charge in [-0.25, -0.2) is 8.78 Å². The zero-order valence-corrected chi connectivity index (χ0v) is 13.9. The molecule has 2 N–H and O–H groups in total. The Balaban J connectivity index is 0.00000264. The molecule has 1 heterocycles. The number of benzene rings is 1. The Morgan fingerprint density at radius 3 is 2.21 bits per heavy atom. The molecule has 0 radical (unpaired) electrons. The first-order valence-corrected chi connectivity index (χ1v) is 6.59. The number of rotatable bonds is 4. The maximum Gasteiger partial charge on any atom is 0.573 e. The second kappa shape index (κ2) is 9.45. The molecule has 1 saturated heterocycles. The lowest BCUT2D eigenvalue weighted by molar-refractivity contribution is -0.274. The van der Waals surface area contributed by atoms with Crippen LogP contribution in [0.3, 0.4) is 0 Å². The van der Waals surface area contributed by atoms with Gasteiger partial charge in [-0.1, -0.05) is 0 Å². The van der Waals surface area contributed by atoms with E-state index in [-0.39, 0.29) is 30.4 Å². The van der Waals surface area contributed by atoms with Crippen LogP contribution < -0.4 is 10.1 Å². The van der Waals surface area contributed by atoms with E-state index < -0.39 is 30.3 Å². The van der Waals surface area contributed by atoms with E-state index in [0.717, 1.165) is 18.2 Å². The van der Waals surface area contributed by atoms with Crippen LogP contribution in [-0.4, -0.2) is 49.0 Å². The molecule has 1 aliphatic heterocycles. The molecule has 1 atom stereocenters. The number of piperazine rings is 1. The van der Waals surface area contributed by atoms with Gasteiger partial charge in [0.05, 0.1) is 0 Å². The topological polar surface area (TPSA) is 44.7 Å². The third-order valence-corrected chi connectivity index (χ3v) is 3.33. The smallest absolute Gasteiger partial charge is 0.508 e. The van der Waals surface area contributed by atoms with Crippen molar-refractivity contribution in [2.45, 2.75) is 18.8 Å². The minimum Gasteiger partial charge on any atom is -0.508 e. The fraction of sp³-hybridized carbons (Fsp3) is 0.538. The van der Waals surface area contributed by atoms with E-state index >= 15 is 0 Å². The summed E-state index contributed by atoms with van der Waals surface area (Å²) in [4.78, 5) is 1.42. The summed E-state index contributed by atoms with van der Waals surface area (Å²) < 4.78 is 67.2. The highest BCUT2D eigenvalue weighted by atomic mass is 35.5. The SMILES string of the molecule is Cl.Cl.Oc1ccc(OC(F)(F)F)cc1[C@H](C(F)F)N1CCNCC1. The quantitative estimate of drug-likeness (QED) is 0.763. The first-order chi connectivity index (χ1) is 10.3. The van der Waals surface area contributed by atoms with E-state index in [1.165, 1.54) is 4.90 Å². The molecular weight excluding hydrogens is 382 g/mol.